The fourth-order valence-electron chi connectivity index (χ4n) is 1.69. The number of hydrogen-bond acceptors (Lipinski definition) is 3. The first-order valence-electron chi connectivity index (χ1n) is 5.79. The maximum absolute atomic E-state index is 11.7. The second kappa shape index (κ2) is 5.33. The fourth-order valence-corrected chi connectivity index (χ4v) is 2.84. The van der Waals surface area contributed by atoms with Crippen molar-refractivity contribution in [3.8, 4) is 0 Å². The van der Waals surface area contributed by atoms with Crippen LogP contribution in [0.1, 0.15) is 19.4 Å². The lowest BCUT2D eigenvalue weighted by Gasteiger charge is -2.07. The molecule has 1 fully saturated rings. The van der Waals surface area contributed by atoms with Gasteiger partial charge in [-0.25, -0.2) is 4.99 Å². The number of rotatable bonds is 2. The van der Waals surface area contributed by atoms with Gasteiger partial charge in [0.25, 0.3) is 0 Å². The van der Waals surface area contributed by atoms with Gasteiger partial charge in [-0.15, -0.1) is 0 Å². The average Bonchev–Trinajstić information content (AvgIpc) is 2.65. The molecule has 1 heterocycles. The smallest absolute Gasteiger partial charge is 0.239 e. The van der Waals surface area contributed by atoms with Gasteiger partial charge in [-0.05, 0) is 30.5 Å². The Morgan fingerprint density at radius 1 is 1.44 bits per heavy atom. The first-order valence-corrected chi connectivity index (χ1v) is 7.05. The quantitative estimate of drug-likeness (QED) is 0.902. The lowest BCUT2D eigenvalue weighted by Crippen LogP contribution is -2.27. The van der Waals surface area contributed by atoms with Crippen LogP contribution < -0.4 is 5.32 Å². The van der Waals surface area contributed by atoms with Crippen LogP contribution in [-0.2, 0) is 4.79 Å². The number of halogens is 1. The molecular formula is C13H15ClN2OS. The summed E-state index contributed by atoms with van der Waals surface area (Å²) in [6.45, 7) is 6.03. The lowest BCUT2D eigenvalue weighted by atomic mass is 10.1. The maximum atomic E-state index is 11.7. The molecule has 1 atom stereocenters. The summed E-state index contributed by atoms with van der Waals surface area (Å²) in [5.41, 5.74) is 1.84. The second-order valence-corrected chi connectivity index (χ2v) is 6.19. The highest BCUT2D eigenvalue weighted by Gasteiger charge is 2.32. The number of aryl methyl sites for hydroxylation is 1. The van der Waals surface area contributed by atoms with Gasteiger partial charge >= 0.3 is 0 Å². The SMILES string of the molecule is Cc1ccc(Cl)cc1N=C1NC(=O)C(C(C)C)S1. The Hall–Kier alpha value is -1.000. The predicted molar refractivity (Wildman–Crippen MR) is 77.6 cm³/mol. The number of carbonyl (C=O) groups excluding carboxylic acids is 1. The van der Waals surface area contributed by atoms with E-state index >= 15 is 0 Å². The molecule has 1 aromatic rings. The molecule has 0 saturated carbocycles. The van der Waals surface area contributed by atoms with Crippen molar-refractivity contribution in [3.63, 3.8) is 0 Å². The highest BCUT2D eigenvalue weighted by Crippen LogP contribution is 2.29. The summed E-state index contributed by atoms with van der Waals surface area (Å²) in [6.07, 6.45) is 0. The molecule has 0 aromatic heterocycles. The molecule has 2 rings (SSSR count). The summed E-state index contributed by atoms with van der Waals surface area (Å²) in [6, 6.07) is 5.56. The Labute approximate surface area is 116 Å². The summed E-state index contributed by atoms with van der Waals surface area (Å²) in [5.74, 6) is 0.330. The summed E-state index contributed by atoms with van der Waals surface area (Å²) in [7, 11) is 0. The zero-order valence-electron chi connectivity index (χ0n) is 10.5. The van der Waals surface area contributed by atoms with Crippen LogP contribution in [-0.4, -0.2) is 16.3 Å². The van der Waals surface area contributed by atoms with Gasteiger partial charge in [0.15, 0.2) is 5.17 Å². The Morgan fingerprint density at radius 3 is 2.78 bits per heavy atom. The number of carbonyl (C=O) groups is 1. The van der Waals surface area contributed by atoms with Gasteiger partial charge in [0.05, 0.1) is 10.9 Å². The topological polar surface area (TPSA) is 41.5 Å². The molecule has 0 spiro atoms. The van der Waals surface area contributed by atoms with E-state index in [9.17, 15) is 4.79 Å². The Kier molecular flexibility index (Phi) is 3.97. The molecule has 1 N–H and O–H groups in total. The molecule has 1 unspecified atom stereocenters. The number of hydrogen-bond donors (Lipinski definition) is 1. The Morgan fingerprint density at radius 2 is 2.17 bits per heavy atom. The van der Waals surface area contributed by atoms with E-state index in [1.807, 2.05) is 32.9 Å². The molecule has 1 aliphatic rings. The van der Waals surface area contributed by atoms with E-state index in [-0.39, 0.29) is 11.2 Å². The molecule has 0 bridgehead atoms. The van der Waals surface area contributed by atoms with Gasteiger partial charge in [-0.3, -0.25) is 4.79 Å². The van der Waals surface area contributed by atoms with E-state index in [0.29, 0.717) is 16.1 Å². The van der Waals surface area contributed by atoms with Crippen LogP contribution in [0.4, 0.5) is 5.69 Å². The molecule has 5 heteroatoms. The zero-order chi connectivity index (χ0) is 13.3. The maximum Gasteiger partial charge on any atom is 0.239 e. The van der Waals surface area contributed by atoms with Crippen molar-refractivity contribution < 1.29 is 4.79 Å². The van der Waals surface area contributed by atoms with Crippen molar-refractivity contribution >= 4 is 40.1 Å². The van der Waals surface area contributed by atoms with Gasteiger partial charge in [-0.2, -0.15) is 0 Å². The van der Waals surface area contributed by atoms with E-state index in [1.165, 1.54) is 11.8 Å². The number of amidine groups is 1. The molecule has 1 amide bonds. The normalized spacial score (nSPS) is 21.7. The number of benzene rings is 1. The van der Waals surface area contributed by atoms with E-state index in [4.69, 9.17) is 11.6 Å². The summed E-state index contributed by atoms with van der Waals surface area (Å²) in [4.78, 5) is 16.2. The fraction of sp³-hybridized carbons (Fsp3) is 0.385. The summed E-state index contributed by atoms with van der Waals surface area (Å²) >= 11 is 7.43. The standard InChI is InChI=1S/C13H15ClN2OS/c1-7(2)11-12(17)16-13(18-11)15-10-6-9(14)5-4-8(10)3/h4-7,11H,1-3H3,(H,15,16,17). The number of nitrogens with one attached hydrogen (secondary N) is 1. The molecule has 18 heavy (non-hydrogen) atoms. The third-order valence-corrected chi connectivity index (χ3v) is 4.39. The van der Waals surface area contributed by atoms with Gasteiger partial charge in [0.1, 0.15) is 0 Å². The second-order valence-electron chi connectivity index (χ2n) is 4.62. The highest BCUT2D eigenvalue weighted by molar-refractivity contribution is 8.15. The average molecular weight is 283 g/mol. The Balaban J connectivity index is 2.25. The first kappa shape index (κ1) is 13.4. The van der Waals surface area contributed by atoms with Crippen LogP contribution in [0.25, 0.3) is 0 Å². The zero-order valence-corrected chi connectivity index (χ0v) is 12.1. The highest BCUT2D eigenvalue weighted by atomic mass is 35.5. The minimum atomic E-state index is -0.0526. The van der Waals surface area contributed by atoms with Crippen molar-refractivity contribution in [1.29, 1.82) is 0 Å². The van der Waals surface area contributed by atoms with Crippen LogP contribution in [0, 0.1) is 12.8 Å². The minimum absolute atomic E-state index is 0.0356. The number of nitrogens with zero attached hydrogens (tertiary/aromatic N) is 1. The van der Waals surface area contributed by atoms with E-state index in [1.54, 1.807) is 6.07 Å². The van der Waals surface area contributed by atoms with Crippen LogP contribution in [0.15, 0.2) is 23.2 Å². The van der Waals surface area contributed by atoms with Crippen LogP contribution in [0.2, 0.25) is 5.02 Å². The van der Waals surface area contributed by atoms with E-state index in [0.717, 1.165) is 11.3 Å². The number of thioether (sulfide) groups is 1. The molecule has 96 valence electrons. The van der Waals surface area contributed by atoms with Gasteiger partial charge in [0, 0.05) is 5.02 Å². The van der Waals surface area contributed by atoms with Gasteiger partial charge in [0.2, 0.25) is 5.91 Å². The van der Waals surface area contributed by atoms with Crippen LogP contribution >= 0.6 is 23.4 Å². The van der Waals surface area contributed by atoms with Gasteiger partial charge < -0.3 is 5.32 Å². The van der Waals surface area contributed by atoms with E-state index in [2.05, 4.69) is 10.3 Å². The van der Waals surface area contributed by atoms with Crippen molar-refractivity contribution in [2.24, 2.45) is 10.9 Å². The minimum Gasteiger partial charge on any atom is -0.304 e. The largest absolute Gasteiger partial charge is 0.304 e. The number of aliphatic imine (C=N–C) groups is 1. The molecular weight excluding hydrogens is 268 g/mol. The Bertz CT molecular complexity index is 514. The molecule has 1 aromatic carbocycles. The molecule has 0 radical (unpaired) electrons. The third-order valence-electron chi connectivity index (χ3n) is 2.73. The summed E-state index contributed by atoms with van der Waals surface area (Å²) in [5, 5.41) is 4.06. The summed E-state index contributed by atoms with van der Waals surface area (Å²) < 4.78 is 0. The molecule has 3 nitrogen and oxygen atoms in total. The molecule has 1 saturated heterocycles. The van der Waals surface area contributed by atoms with Crippen molar-refractivity contribution in [2.45, 2.75) is 26.0 Å². The first-order chi connectivity index (χ1) is 8.47. The van der Waals surface area contributed by atoms with Crippen LogP contribution in [0.5, 0.6) is 0 Å². The van der Waals surface area contributed by atoms with Crippen molar-refractivity contribution in [2.75, 3.05) is 0 Å². The molecule has 1 aliphatic heterocycles. The monoisotopic (exact) mass is 282 g/mol. The van der Waals surface area contributed by atoms with E-state index < -0.39 is 0 Å². The van der Waals surface area contributed by atoms with Crippen LogP contribution in [0.3, 0.4) is 0 Å². The third kappa shape index (κ3) is 2.87. The molecule has 0 aliphatic carbocycles. The van der Waals surface area contributed by atoms with Gasteiger partial charge in [-0.1, -0.05) is 43.3 Å². The van der Waals surface area contributed by atoms with Crippen molar-refractivity contribution in [3.05, 3.63) is 28.8 Å². The predicted octanol–water partition coefficient (Wildman–Crippen LogP) is 3.52. The number of amides is 1. The lowest BCUT2D eigenvalue weighted by molar-refractivity contribution is -0.119. The van der Waals surface area contributed by atoms with Crippen molar-refractivity contribution in [1.82, 2.24) is 5.32 Å².